The Hall–Kier alpha value is -2.52. The monoisotopic (exact) mass is 556 g/mol. The van der Waals surface area contributed by atoms with E-state index in [2.05, 4.69) is 0 Å². The Kier molecular flexibility index (Phi) is 26.5. The maximum absolute atomic E-state index is 9.48. The SMILES string of the molecule is CC(=O)C(=O)[O-].CC(=O)C(=O)[O-].CC(=O)C(=O)[O-].CC(=O)C(=O)[O-].[Pb]. The Labute approximate surface area is 161 Å². The van der Waals surface area contributed by atoms with Crippen LogP contribution in [0.4, 0.5) is 0 Å². The number of aliphatic carboxylic acids is 4. The van der Waals surface area contributed by atoms with Crippen molar-refractivity contribution in [2.45, 2.75) is 27.7 Å². The molecule has 0 rings (SSSR count). The average Bonchev–Trinajstić information content (AvgIpc) is 2.40. The van der Waals surface area contributed by atoms with Gasteiger partial charge in [-0.15, -0.1) is 0 Å². The average molecular weight is 555 g/mol. The summed E-state index contributed by atoms with van der Waals surface area (Å²) in [6, 6.07) is 0. The van der Waals surface area contributed by atoms with Crippen molar-refractivity contribution in [3.05, 3.63) is 0 Å². The van der Waals surface area contributed by atoms with Crippen molar-refractivity contribution in [3.63, 3.8) is 0 Å². The normalized spacial score (nSPS) is 7.20. The summed E-state index contributed by atoms with van der Waals surface area (Å²) in [6.07, 6.45) is 0. The predicted octanol–water partition coefficient (Wildman–Crippen LogP) is -7.08. The molecule has 13 heteroatoms. The van der Waals surface area contributed by atoms with Gasteiger partial charge in [-0.25, -0.2) is 0 Å². The molecule has 0 atom stereocenters. The van der Waals surface area contributed by atoms with Gasteiger partial charge in [0, 0.05) is 55.0 Å². The molecule has 0 saturated carbocycles. The third-order valence-corrected chi connectivity index (χ3v) is 1.15. The minimum absolute atomic E-state index is 0. The summed E-state index contributed by atoms with van der Waals surface area (Å²) >= 11 is 0. The molecule has 0 saturated heterocycles. The number of carbonyl (C=O) groups is 8. The molecule has 0 aliphatic rings. The van der Waals surface area contributed by atoms with Gasteiger partial charge in [-0.2, -0.15) is 0 Å². The summed E-state index contributed by atoms with van der Waals surface area (Å²) in [7, 11) is 0. The van der Waals surface area contributed by atoms with E-state index in [1.54, 1.807) is 0 Å². The van der Waals surface area contributed by atoms with Crippen molar-refractivity contribution in [2.24, 2.45) is 0 Å². The fourth-order valence-electron chi connectivity index (χ4n) is 0. The molecule has 0 unspecified atom stereocenters. The molecule has 0 aliphatic heterocycles. The van der Waals surface area contributed by atoms with Crippen LogP contribution in [0.15, 0.2) is 0 Å². The smallest absolute Gasteiger partial charge is 0.175 e. The second kappa shape index (κ2) is 19.5. The van der Waals surface area contributed by atoms with Crippen molar-refractivity contribution in [1.82, 2.24) is 0 Å². The van der Waals surface area contributed by atoms with Crippen LogP contribution in [0.3, 0.4) is 0 Å². The Morgan fingerprint density at radius 3 is 0.440 bits per heavy atom. The summed E-state index contributed by atoms with van der Waals surface area (Å²) in [4.78, 5) is 74.9. The maximum atomic E-state index is 9.48. The molecule has 0 aromatic carbocycles. The molecule has 4 radical (unpaired) electrons. The molecule has 0 aromatic rings. The van der Waals surface area contributed by atoms with Gasteiger partial charge in [0.2, 0.25) is 0 Å². The molecule has 12 nitrogen and oxygen atoms in total. The van der Waals surface area contributed by atoms with E-state index >= 15 is 0 Å². The Morgan fingerprint density at radius 1 is 0.400 bits per heavy atom. The molecule has 0 aromatic heterocycles. The van der Waals surface area contributed by atoms with Crippen molar-refractivity contribution < 1.29 is 58.8 Å². The second-order valence-electron chi connectivity index (χ2n) is 3.37. The van der Waals surface area contributed by atoms with E-state index in [0.717, 1.165) is 27.7 Å². The fourth-order valence-corrected chi connectivity index (χ4v) is 0. The number of carboxylic acids is 4. The van der Waals surface area contributed by atoms with Crippen molar-refractivity contribution in [1.29, 1.82) is 0 Å². The van der Waals surface area contributed by atoms with E-state index in [9.17, 15) is 58.8 Å². The molecule has 0 bridgehead atoms. The fraction of sp³-hybridized carbons (Fsp3) is 0.333. The van der Waals surface area contributed by atoms with Crippen LogP contribution < -0.4 is 20.4 Å². The molecule has 0 aliphatic carbocycles. The van der Waals surface area contributed by atoms with Gasteiger partial charge in [0.15, 0.2) is 23.1 Å². The van der Waals surface area contributed by atoms with Crippen LogP contribution in [0.25, 0.3) is 0 Å². The zero-order valence-corrected chi connectivity index (χ0v) is 17.3. The minimum Gasteiger partial charge on any atom is -0.542 e. The third-order valence-electron chi connectivity index (χ3n) is 1.15. The van der Waals surface area contributed by atoms with Gasteiger partial charge in [0.05, 0.1) is 0 Å². The maximum Gasteiger partial charge on any atom is 0.175 e. The molecule has 0 heterocycles. The van der Waals surface area contributed by atoms with Gasteiger partial charge in [-0.3, -0.25) is 19.2 Å². The van der Waals surface area contributed by atoms with Gasteiger partial charge >= 0.3 is 0 Å². The Balaban J connectivity index is -0.0000000702. The van der Waals surface area contributed by atoms with Crippen LogP contribution in [-0.4, -0.2) is 74.3 Å². The van der Waals surface area contributed by atoms with Crippen molar-refractivity contribution >= 4 is 74.3 Å². The number of hydrogen-bond donors (Lipinski definition) is 0. The van der Waals surface area contributed by atoms with Gasteiger partial charge < -0.3 is 39.6 Å². The Bertz CT molecular complexity index is 390. The number of ketones is 4. The molecule has 25 heavy (non-hydrogen) atoms. The number of Topliss-reactive ketones (excluding diaryl/α,β-unsaturated/α-hetero) is 4. The topological polar surface area (TPSA) is 229 Å². The summed E-state index contributed by atoms with van der Waals surface area (Å²) in [5, 5.41) is 37.0. The van der Waals surface area contributed by atoms with Crippen molar-refractivity contribution in [3.8, 4) is 0 Å². The standard InChI is InChI=1S/4C3H4O3.Pb/c4*1-2(4)3(5)6;/h4*1H3,(H,5,6);/p-4. The molecule has 0 N–H and O–H groups in total. The third kappa shape index (κ3) is 44.9. The van der Waals surface area contributed by atoms with Gasteiger partial charge in [-0.05, 0) is 0 Å². The number of carbonyl (C=O) groups excluding carboxylic acids is 8. The van der Waals surface area contributed by atoms with Gasteiger partial charge in [0.25, 0.3) is 0 Å². The van der Waals surface area contributed by atoms with E-state index in [1.807, 2.05) is 0 Å². The number of hydrogen-bond acceptors (Lipinski definition) is 12. The second-order valence-corrected chi connectivity index (χ2v) is 3.37. The van der Waals surface area contributed by atoms with E-state index in [1.165, 1.54) is 0 Å². The first kappa shape index (κ1) is 33.9. The van der Waals surface area contributed by atoms with E-state index in [0.29, 0.717) is 0 Å². The summed E-state index contributed by atoms with van der Waals surface area (Å²) in [5.41, 5.74) is 0. The predicted molar refractivity (Wildman–Crippen MR) is 68.5 cm³/mol. The van der Waals surface area contributed by atoms with Crippen LogP contribution in [0.2, 0.25) is 0 Å². The van der Waals surface area contributed by atoms with E-state index in [4.69, 9.17) is 0 Å². The van der Waals surface area contributed by atoms with Crippen LogP contribution in [0.1, 0.15) is 27.7 Å². The quantitative estimate of drug-likeness (QED) is 0.233. The first-order chi connectivity index (χ1) is 10.6. The molecular formula is C12H12O12Pb-4. The first-order valence-electron chi connectivity index (χ1n) is 5.45. The van der Waals surface area contributed by atoms with Crippen molar-refractivity contribution in [2.75, 3.05) is 0 Å². The van der Waals surface area contributed by atoms with Crippen LogP contribution in [0.5, 0.6) is 0 Å². The molecule has 0 spiro atoms. The molecule has 0 amide bonds. The number of carboxylic acid groups (broad SMARTS) is 4. The van der Waals surface area contributed by atoms with Crippen LogP contribution in [0, 0.1) is 0 Å². The zero-order valence-electron chi connectivity index (χ0n) is 13.4. The molecule has 0 fully saturated rings. The van der Waals surface area contributed by atoms with Gasteiger partial charge in [0.1, 0.15) is 23.9 Å². The van der Waals surface area contributed by atoms with E-state index in [-0.39, 0.29) is 27.3 Å². The largest absolute Gasteiger partial charge is 0.542 e. The summed E-state index contributed by atoms with van der Waals surface area (Å²) in [6.45, 7) is 3.76. The van der Waals surface area contributed by atoms with Gasteiger partial charge in [-0.1, -0.05) is 0 Å². The minimum atomic E-state index is -1.63. The first-order valence-corrected chi connectivity index (χ1v) is 5.45. The number of rotatable bonds is 4. The molecule has 140 valence electrons. The van der Waals surface area contributed by atoms with Crippen LogP contribution in [-0.2, 0) is 38.4 Å². The van der Waals surface area contributed by atoms with Crippen LogP contribution >= 0.6 is 0 Å². The summed E-state index contributed by atoms with van der Waals surface area (Å²) < 4.78 is 0. The van der Waals surface area contributed by atoms with E-state index < -0.39 is 47.0 Å². The zero-order chi connectivity index (χ0) is 20.6. The Morgan fingerprint density at radius 2 is 0.440 bits per heavy atom. The molecular weight excluding hydrogens is 543 g/mol. The summed E-state index contributed by atoms with van der Waals surface area (Å²) in [5.74, 6) is -10.3.